The van der Waals surface area contributed by atoms with Crippen molar-refractivity contribution in [1.29, 1.82) is 0 Å². The van der Waals surface area contributed by atoms with E-state index in [1.165, 1.54) is 32.2 Å². The second-order valence-electron chi connectivity index (χ2n) is 5.20. The van der Waals surface area contributed by atoms with Gasteiger partial charge in [0.1, 0.15) is 0 Å². The minimum absolute atomic E-state index is 0.213. The summed E-state index contributed by atoms with van der Waals surface area (Å²) in [5.41, 5.74) is 6.28. The summed E-state index contributed by atoms with van der Waals surface area (Å²) < 4.78 is 5.79. The first-order valence-electron chi connectivity index (χ1n) is 7.29. The van der Waals surface area contributed by atoms with E-state index < -0.39 is 0 Å². The van der Waals surface area contributed by atoms with Crippen LogP contribution in [0.4, 0.5) is 0 Å². The van der Waals surface area contributed by atoms with Gasteiger partial charge in [-0.3, -0.25) is 4.90 Å². The lowest BCUT2D eigenvalue weighted by molar-refractivity contribution is -0.0366. The van der Waals surface area contributed by atoms with Crippen molar-refractivity contribution in [3.8, 4) is 0 Å². The average Bonchev–Trinajstić information content (AvgIpc) is 2.37. The first-order valence-corrected chi connectivity index (χ1v) is 7.29. The second kappa shape index (κ2) is 7.34. The molecule has 0 aromatic carbocycles. The van der Waals surface area contributed by atoms with Gasteiger partial charge in [-0.05, 0) is 39.2 Å². The molecular formula is C14H30N2O. The van der Waals surface area contributed by atoms with Crippen LogP contribution in [0.3, 0.4) is 0 Å². The van der Waals surface area contributed by atoms with E-state index in [2.05, 4.69) is 25.7 Å². The van der Waals surface area contributed by atoms with E-state index in [4.69, 9.17) is 10.5 Å². The number of hydrogen-bond acceptors (Lipinski definition) is 3. The van der Waals surface area contributed by atoms with Crippen molar-refractivity contribution in [3.05, 3.63) is 0 Å². The monoisotopic (exact) mass is 242 g/mol. The van der Waals surface area contributed by atoms with Gasteiger partial charge < -0.3 is 10.5 Å². The summed E-state index contributed by atoms with van der Waals surface area (Å²) >= 11 is 0. The van der Waals surface area contributed by atoms with Gasteiger partial charge in [0.2, 0.25) is 0 Å². The fourth-order valence-corrected chi connectivity index (χ4v) is 3.14. The maximum absolute atomic E-state index is 6.07. The topological polar surface area (TPSA) is 38.5 Å². The summed E-state index contributed by atoms with van der Waals surface area (Å²) in [7, 11) is 0. The number of piperidine rings is 1. The van der Waals surface area contributed by atoms with Crippen LogP contribution >= 0.6 is 0 Å². The number of rotatable bonds is 7. The van der Waals surface area contributed by atoms with Crippen molar-refractivity contribution in [2.45, 2.75) is 64.5 Å². The highest BCUT2D eigenvalue weighted by atomic mass is 16.5. The number of ether oxygens (including phenoxy) is 1. The Morgan fingerprint density at radius 2 is 2.12 bits per heavy atom. The zero-order valence-electron chi connectivity index (χ0n) is 11.9. The summed E-state index contributed by atoms with van der Waals surface area (Å²) in [4.78, 5) is 2.60. The Hall–Kier alpha value is -0.120. The van der Waals surface area contributed by atoms with E-state index in [1.54, 1.807) is 0 Å². The number of nitrogens with zero attached hydrogens (tertiary/aromatic N) is 1. The van der Waals surface area contributed by atoms with Crippen LogP contribution in [0.15, 0.2) is 0 Å². The molecule has 3 heteroatoms. The van der Waals surface area contributed by atoms with Gasteiger partial charge in [-0.2, -0.15) is 0 Å². The maximum Gasteiger partial charge on any atom is 0.0702 e. The highest BCUT2D eigenvalue weighted by molar-refractivity contribution is 4.93. The molecule has 17 heavy (non-hydrogen) atoms. The lowest BCUT2D eigenvalue weighted by Gasteiger charge is -2.47. The molecule has 0 radical (unpaired) electrons. The molecule has 2 unspecified atom stereocenters. The first-order chi connectivity index (χ1) is 8.22. The third-order valence-corrected chi connectivity index (χ3v) is 4.20. The number of hydrogen-bond donors (Lipinski definition) is 1. The van der Waals surface area contributed by atoms with E-state index in [-0.39, 0.29) is 5.54 Å². The van der Waals surface area contributed by atoms with Gasteiger partial charge in [0, 0.05) is 25.2 Å². The van der Waals surface area contributed by atoms with Gasteiger partial charge in [0.25, 0.3) is 0 Å². The van der Waals surface area contributed by atoms with Crippen molar-refractivity contribution in [3.63, 3.8) is 0 Å². The third-order valence-electron chi connectivity index (χ3n) is 4.20. The normalized spacial score (nSPS) is 25.8. The summed E-state index contributed by atoms with van der Waals surface area (Å²) in [6.45, 7) is 10.5. The van der Waals surface area contributed by atoms with Gasteiger partial charge in [-0.25, -0.2) is 0 Å². The van der Waals surface area contributed by atoms with Crippen molar-refractivity contribution >= 4 is 0 Å². The Balaban J connectivity index is 2.66. The Kier molecular flexibility index (Phi) is 6.45. The molecule has 1 rings (SSSR count). The maximum atomic E-state index is 6.07. The molecule has 0 aromatic heterocycles. The molecule has 0 aromatic rings. The molecule has 1 fully saturated rings. The smallest absolute Gasteiger partial charge is 0.0702 e. The van der Waals surface area contributed by atoms with Gasteiger partial charge in [0.15, 0.2) is 0 Å². The Morgan fingerprint density at radius 3 is 2.65 bits per heavy atom. The quantitative estimate of drug-likeness (QED) is 0.745. The largest absolute Gasteiger partial charge is 0.377 e. The molecule has 0 aliphatic carbocycles. The predicted molar refractivity (Wildman–Crippen MR) is 73.2 cm³/mol. The highest BCUT2D eigenvalue weighted by Crippen LogP contribution is 2.28. The molecule has 0 saturated carbocycles. The second-order valence-corrected chi connectivity index (χ2v) is 5.20. The molecule has 1 heterocycles. The Morgan fingerprint density at radius 1 is 1.35 bits per heavy atom. The molecule has 2 N–H and O–H groups in total. The molecule has 0 bridgehead atoms. The van der Waals surface area contributed by atoms with Crippen LogP contribution in [0, 0.1) is 0 Å². The van der Waals surface area contributed by atoms with Gasteiger partial charge in [-0.15, -0.1) is 0 Å². The van der Waals surface area contributed by atoms with Crippen LogP contribution in [-0.2, 0) is 4.74 Å². The molecule has 1 aliphatic heterocycles. The fraction of sp³-hybridized carbons (Fsp3) is 1.00. The first kappa shape index (κ1) is 14.9. The zero-order chi connectivity index (χ0) is 12.7. The summed E-state index contributed by atoms with van der Waals surface area (Å²) in [5.74, 6) is 0. The Bertz CT molecular complexity index is 202. The van der Waals surface area contributed by atoms with E-state index in [0.29, 0.717) is 6.10 Å². The lowest BCUT2D eigenvalue weighted by atomic mass is 9.86. The highest BCUT2D eigenvalue weighted by Gasteiger charge is 2.36. The standard InChI is InChI=1S/C14H30N2O/c1-4-9-14(5-2,12-15)16-10-7-8-13(11-16)17-6-3/h13H,4-12,15H2,1-3H3. The van der Waals surface area contributed by atoms with E-state index in [0.717, 1.165) is 26.1 Å². The SMILES string of the molecule is CCCC(CC)(CN)N1CCCC(OCC)C1. The van der Waals surface area contributed by atoms with Crippen LogP contribution in [0.1, 0.15) is 52.9 Å². The van der Waals surface area contributed by atoms with E-state index in [9.17, 15) is 0 Å². The molecule has 1 saturated heterocycles. The molecule has 0 amide bonds. The van der Waals surface area contributed by atoms with Crippen LogP contribution in [0.25, 0.3) is 0 Å². The lowest BCUT2D eigenvalue weighted by Crippen LogP contribution is -2.57. The Labute approximate surface area is 107 Å². The summed E-state index contributed by atoms with van der Waals surface area (Å²) in [5, 5.41) is 0. The number of likely N-dealkylation sites (tertiary alicyclic amines) is 1. The fourth-order valence-electron chi connectivity index (χ4n) is 3.14. The van der Waals surface area contributed by atoms with Crippen molar-refractivity contribution in [1.82, 2.24) is 4.90 Å². The minimum Gasteiger partial charge on any atom is -0.377 e. The summed E-state index contributed by atoms with van der Waals surface area (Å²) in [6, 6.07) is 0. The van der Waals surface area contributed by atoms with Gasteiger partial charge in [0.05, 0.1) is 6.10 Å². The van der Waals surface area contributed by atoms with Gasteiger partial charge >= 0.3 is 0 Å². The number of nitrogens with two attached hydrogens (primary N) is 1. The van der Waals surface area contributed by atoms with Crippen molar-refractivity contribution < 1.29 is 4.74 Å². The van der Waals surface area contributed by atoms with E-state index in [1.807, 2.05) is 0 Å². The van der Waals surface area contributed by atoms with Crippen LogP contribution < -0.4 is 5.73 Å². The molecule has 102 valence electrons. The van der Waals surface area contributed by atoms with Crippen molar-refractivity contribution in [2.24, 2.45) is 5.73 Å². The molecule has 3 nitrogen and oxygen atoms in total. The molecular weight excluding hydrogens is 212 g/mol. The van der Waals surface area contributed by atoms with Crippen molar-refractivity contribution in [2.75, 3.05) is 26.2 Å². The minimum atomic E-state index is 0.213. The van der Waals surface area contributed by atoms with Crippen LogP contribution in [0.5, 0.6) is 0 Å². The van der Waals surface area contributed by atoms with E-state index >= 15 is 0 Å². The zero-order valence-corrected chi connectivity index (χ0v) is 11.9. The van der Waals surface area contributed by atoms with Crippen LogP contribution in [-0.4, -0.2) is 42.8 Å². The third kappa shape index (κ3) is 3.67. The predicted octanol–water partition coefficient (Wildman–Crippen LogP) is 2.39. The molecule has 0 spiro atoms. The molecule has 1 aliphatic rings. The molecule has 2 atom stereocenters. The summed E-state index contributed by atoms with van der Waals surface area (Å²) in [6.07, 6.45) is 6.44. The van der Waals surface area contributed by atoms with Gasteiger partial charge in [-0.1, -0.05) is 20.3 Å². The van der Waals surface area contributed by atoms with Crippen LogP contribution in [0.2, 0.25) is 0 Å². The average molecular weight is 242 g/mol.